The number of nitrogens with zero attached hydrogens (tertiary/aromatic N) is 1. The van der Waals surface area contributed by atoms with E-state index in [1.54, 1.807) is 26.2 Å². The van der Waals surface area contributed by atoms with E-state index in [1.807, 2.05) is 48.5 Å². The molecule has 3 rings (SSSR count). The zero-order valence-corrected chi connectivity index (χ0v) is 14.2. The molecular formula is C21H19NO3. The van der Waals surface area contributed by atoms with E-state index in [0.717, 1.165) is 22.6 Å². The predicted molar refractivity (Wildman–Crippen MR) is 98.1 cm³/mol. The summed E-state index contributed by atoms with van der Waals surface area (Å²) in [4.78, 5) is 25.1. The van der Waals surface area contributed by atoms with Crippen LogP contribution >= 0.6 is 0 Å². The van der Waals surface area contributed by atoms with E-state index < -0.39 is 0 Å². The van der Waals surface area contributed by atoms with Gasteiger partial charge in [-0.1, -0.05) is 42.5 Å². The molecule has 0 fully saturated rings. The first-order valence-corrected chi connectivity index (χ1v) is 8.00. The summed E-state index contributed by atoms with van der Waals surface area (Å²) >= 11 is 0. The third-order valence-corrected chi connectivity index (χ3v) is 4.02. The van der Waals surface area contributed by atoms with Gasteiger partial charge in [0.25, 0.3) is 5.91 Å². The van der Waals surface area contributed by atoms with Gasteiger partial charge in [-0.2, -0.15) is 0 Å². The van der Waals surface area contributed by atoms with Gasteiger partial charge in [-0.3, -0.25) is 9.59 Å². The Morgan fingerprint density at radius 2 is 1.84 bits per heavy atom. The average Bonchev–Trinajstić information content (AvgIpc) is 2.65. The van der Waals surface area contributed by atoms with Gasteiger partial charge in [-0.15, -0.1) is 0 Å². The van der Waals surface area contributed by atoms with Gasteiger partial charge in [0, 0.05) is 19.7 Å². The van der Waals surface area contributed by atoms with E-state index in [9.17, 15) is 9.59 Å². The SMILES string of the molecule is CN(C)C(=O)c1cccc(COc2ccc3ccccc3c2C=O)c1. The lowest BCUT2D eigenvalue weighted by Gasteiger charge is -2.13. The number of carbonyl (C=O) groups is 2. The van der Waals surface area contributed by atoms with Crippen LogP contribution in [0.3, 0.4) is 0 Å². The second-order valence-corrected chi connectivity index (χ2v) is 6.00. The van der Waals surface area contributed by atoms with Crippen molar-refractivity contribution in [1.82, 2.24) is 4.90 Å². The summed E-state index contributed by atoms with van der Waals surface area (Å²) in [6.07, 6.45) is 0.823. The van der Waals surface area contributed by atoms with Crippen molar-refractivity contribution >= 4 is 23.0 Å². The zero-order valence-electron chi connectivity index (χ0n) is 14.2. The Morgan fingerprint density at radius 3 is 2.60 bits per heavy atom. The maximum absolute atomic E-state index is 12.1. The van der Waals surface area contributed by atoms with Gasteiger partial charge in [0.05, 0.1) is 5.56 Å². The maximum Gasteiger partial charge on any atom is 0.253 e. The molecule has 0 spiro atoms. The number of hydrogen-bond donors (Lipinski definition) is 0. The molecule has 0 aromatic heterocycles. The minimum atomic E-state index is -0.0545. The number of fused-ring (bicyclic) bond motifs is 1. The highest BCUT2D eigenvalue weighted by molar-refractivity contribution is 6.00. The van der Waals surface area contributed by atoms with E-state index in [-0.39, 0.29) is 12.5 Å². The molecule has 4 heteroatoms. The molecule has 25 heavy (non-hydrogen) atoms. The molecule has 0 unspecified atom stereocenters. The van der Waals surface area contributed by atoms with Crippen LogP contribution in [0.15, 0.2) is 60.7 Å². The fourth-order valence-corrected chi connectivity index (χ4v) is 2.74. The van der Waals surface area contributed by atoms with Crippen molar-refractivity contribution in [2.24, 2.45) is 0 Å². The minimum absolute atomic E-state index is 0.0545. The lowest BCUT2D eigenvalue weighted by atomic mass is 10.0. The van der Waals surface area contributed by atoms with Crippen molar-refractivity contribution in [3.05, 3.63) is 77.4 Å². The Morgan fingerprint density at radius 1 is 1.04 bits per heavy atom. The smallest absolute Gasteiger partial charge is 0.253 e. The molecule has 0 radical (unpaired) electrons. The molecule has 0 saturated carbocycles. The van der Waals surface area contributed by atoms with Crippen LogP contribution in [-0.2, 0) is 6.61 Å². The van der Waals surface area contributed by atoms with E-state index in [0.29, 0.717) is 16.9 Å². The third kappa shape index (κ3) is 3.53. The number of amides is 1. The molecule has 4 nitrogen and oxygen atoms in total. The highest BCUT2D eigenvalue weighted by atomic mass is 16.5. The monoisotopic (exact) mass is 333 g/mol. The fourth-order valence-electron chi connectivity index (χ4n) is 2.74. The van der Waals surface area contributed by atoms with E-state index in [1.165, 1.54) is 4.90 Å². The van der Waals surface area contributed by atoms with Crippen LogP contribution in [0.5, 0.6) is 5.75 Å². The number of carbonyl (C=O) groups excluding carboxylic acids is 2. The molecule has 0 heterocycles. The van der Waals surface area contributed by atoms with Crippen molar-refractivity contribution in [2.45, 2.75) is 6.61 Å². The Labute approximate surface area is 146 Å². The van der Waals surface area contributed by atoms with E-state index >= 15 is 0 Å². The van der Waals surface area contributed by atoms with Crippen LogP contribution in [-0.4, -0.2) is 31.2 Å². The molecule has 0 bridgehead atoms. The molecule has 1 amide bonds. The second kappa shape index (κ2) is 7.18. The highest BCUT2D eigenvalue weighted by Gasteiger charge is 2.10. The Bertz CT molecular complexity index is 931. The molecule has 0 N–H and O–H groups in total. The number of hydrogen-bond acceptors (Lipinski definition) is 3. The normalized spacial score (nSPS) is 10.5. The first-order valence-electron chi connectivity index (χ1n) is 8.00. The first kappa shape index (κ1) is 16.7. The summed E-state index contributed by atoms with van der Waals surface area (Å²) in [5, 5.41) is 1.86. The van der Waals surface area contributed by atoms with Gasteiger partial charge in [0.2, 0.25) is 0 Å². The van der Waals surface area contributed by atoms with Gasteiger partial charge in [-0.25, -0.2) is 0 Å². The molecule has 0 saturated heterocycles. The topological polar surface area (TPSA) is 46.6 Å². The Balaban J connectivity index is 1.85. The summed E-state index contributed by atoms with van der Waals surface area (Å²) in [6, 6.07) is 18.8. The second-order valence-electron chi connectivity index (χ2n) is 6.00. The van der Waals surface area contributed by atoms with Crippen molar-refractivity contribution in [1.29, 1.82) is 0 Å². The van der Waals surface area contributed by atoms with Crippen molar-refractivity contribution < 1.29 is 14.3 Å². The van der Waals surface area contributed by atoms with Crippen LogP contribution in [0.1, 0.15) is 26.3 Å². The Kier molecular flexibility index (Phi) is 4.80. The van der Waals surface area contributed by atoms with Gasteiger partial charge in [0.1, 0.15) is 12.4 Å². The predicted octanol–water partition coefficient (Wildman–Crippen LogP) is 3.93. The molecule has 126 valence electrons. The average molecular weight is 333 g/mol. The summed E-state index contributed by atoms with van der Waals surface area (Å²) in [5.41, 5.74) is 2.02. The number of benzene rings is 3. The molecular weight excluding hydrogens is 314 g/mol. The molecule has 0 aliphatic carbocycles. The molecule has 3 aromatic rings. The third-order valence-electron chi connectivity index (χ3n) is 4.02. The standard InChI is InChI=1S/C21H19NO3/c1-22(2)21(24)17-8-5-6-15(12-17)14-25-20-11-10-16-7-3-4-9-18(16)19(20)13-23/h3-13H,14H2,1-2H3. The van der Waals surface area contributed by atoms with E-state index in [4.69, 9.17) is 4.74 Å². The van der Waals surface area contributed by atoms with Crippen LogP contribution in [0.25, 0.3) is 10.8 Å². The van der Waals surface area contributed by atoms with Gasteiger partial charge >= 0.3 is 0 Å². The number of rotatable bonds is 5. The van der Waals surface area contributed by atoms with Crippen molar-refractivity contribution in [2.75, 3.05) is 14.1 Å². The van der Waals surface area contributed by atoms with Crippen LogP contribution in [0, 0.1) is 0 Å². The lowest BCUT2D eigenvalue weighted by Crippen LogP contribution is -2.21. The number of ether oxygens (including phenoxy) is 1. The highest BCUT2D eigenvalue weighted by Crippen LogP contribution is 2.27. The Hall–Kier alpha value is -3.14. The fraction of sp³-hybridized carbons (Fsp3) is 0.143. The molecule has 0 aliphatic rings. The largest absolute Gasteiger partial charge is 0.488 e. The summed E-state index contributed by atoms with van der Waals surface area (Å²) in [5.74, 6) is 0.485. The van der Waals surface area contributed by atoms with Crippen LogP contribution < -0.4 is 4.74 Å². The minimum Gasteiger partial charge on any atom is -0.488 e. The van der Waals surface area contributed by atoms with Gasteiger partial charge in [-0.05, 0) is 34.5 Å². The summed E-state index contributed by atoms with van der Waals surface area (Å²) in [7, 11) is 3.44. The van der Waals surface area contributed by atoms with Gasteiger partial charge < -0.3 is 9.64 Å². The van der Waals surface area contributed by atoms with Crippen LogP contribution in [0.2, 0.25) is 0 Å². The van der Waals surface area contributed by atoms with Crippen molar-refractivity contribution in [3.63, 3.8) is 0 Å². The molecule has 0 atom stereocenters. The zero-order chi connectivity index (χ0) is 17.8. The molecule has 0 aliphatic heterocycles. The first-order chi connectivity index (χ1) is 12.1. The quantitative estimate of drug-likeness (QED) is 0.665. The summed E-state index contributed by atoms with van der Waals surface area (Å²) in [6.45, 7) is 0.285. The van der Waals surface area contributed by atoms with Crippen LogP contribution in [0.4, 0.5) is 0 Å². The maximum atomic E-state index is 12.1. The van der Waals surface area contributed by atoms with E-state index in [2.05, 4.69) is 0 Å². The summed E-state index contributed by atoms with van der Waals surface area (Å²) < 4.78 is 5.86. The van der Waals surface area contributed by atoms with Gasteiger partial charge in [0.15, 0.2) is 6.29 Å². The van der Waals surface area contributed by atoms with Crippen molar-refractivity contribution in [3.8, 4) is 5.75 Å². The molecule has 3 aromatic carbocycles. The lowest BCUT2D eigenvalue weighted by molar-refractivity contribution is 0.0827. The number of aldehydes is 1.